The number of esters is 1. The van der Waals surface area contributed by atoms with Crippen LogP contribution in [0.4, 0.5) is 5.69 Å². The molecule has 0 bridgehead atoms. The summed E-state index contributed by atoms with van der Waals surface area (Å²) in [6.45, 7) is 4.48. The maximum Gasteiger partial charge on any atom is 0.309 e. The van der Waals surface area contributed by atoms with Gasteiger partial charge in [-0.2, -0.15) is 0 Å². The highest BCUT2D eigenvalue weighted by Crippen LogP contribution is 2.15. The Kier molecular flexibility index (Phi) is 6.26. The van der Waals surface area contributed by atoms with E-state index in [-0.39, 0.29) is 11.9 Å². The third-order valence-electron chi connectivity index (χ3n) is 3.09. The summed E-state index contributed by atoms with van der Waals surface area (Å²) in [5.74, 6) is -0.0244. The molecule has 0 heterocycles. The minimum atomic E-state index is -0.0722. The van der Waals surface area contributed by atoms with E-state index in [9.17, 15) is 4.79 Å². The second kappa shape index (κ2) is 7.75. The van der Waals surface area contributed by atoms with Gasteiger partial charge in [0.1, 0.15) is 6.61 Å². The van der Waals surface area contributed by atoms with Crippen LogP contribution in [0.2, 0.25) is 0 Å². The summed E-state index contributed by atoms with van der Waals surface area (Å²) >= 11 is 0. The fourth-order valence-corrected chi connectivity index (χ4v) is 1.88. The summed E-state index contributed by atoms with van der Waals surface area (Å²) < 4.78 is 5.35. The lowest BCUT2D eigenvalue weighted by atomic mass is 10.0. The molecule has 1 atom stereocenters. The zero-order chi connectivity index (χ0) is 13.4. The van der Waals surface area contributed by atoms with E-state index in [2.05, 4.69) is 12.2 Å². The molecule has 1 N–H and O–H groups in total. The van der Waals surface area contributed by atoms with E-state index >= 15 is 0 Å². The van der Waals surface area contributed by atoms with Crippen LogP contribution < -0.4 is 5.32 Å². The van der Waals surface area contributed by atoms with Gasteiger partial charge in [-0.1, -0.05) is 32.4 Å². The highest BCUT2D eigenvalue weighted by molar-refractivity contribution is 5.72. The average Bonchev–Trinajstić information content (AvgIpc) is 2.42. The molecule has 0 saturated heterocycles. The van der Waals surface area contributed by atoms with E-state index in [1.54, 1.807) is 0 Å². The Morgan fingerprint density at radius 2 is 1.94 bits per heavy atom. The minimum absolute atomic E-state index is 0.0478. The zero-order valence-corrected chi connectivity index (χ0v) is 11.5. The molecule has 0 aliphatic heterocycles. The van der Waals surface area contributed by atoms with Crippen LogP contribution in [0.25, 0.3) is 0 Å². The lowest BCUT2D eigenvalue weighted by Crippen LogP contribution is -2.16. The number of ether oxygens (including phenoxy) is 1. The van der Waals surface area contributed by atoms with E-state index in [4.69, 9.17) is 4.74 Å². The predicted molar refractivity (Wildman–Crippen MR) is 74.5 cm³/mol. The maximum absolute atomic E-state index is 11.8. The van der Waals surface area contributed by atoms with Crippen LogP contribution in [0, 0.1) is 5.92 Å². The monoisotopic (exact) mass is 249 g/mol. The smallest absolute Gasteiger partial charge is 0.309 e. The highest BCUT2D eigenvalue weighted by atomic mass is 16.5. The van der Waals surface area contributed by atoms with Crippen molar-refractivity contribution in [1.82, 2.24) is 0 Å². The second-order valence-electron chi connectivity index (χ2n) is 4.45. The van der Waals surface area contributed by atoms with Crippen LogP contribution >= 0.6 is 0 Å². The average molecular weight is 249 g/mol. The molecule has 0 aliphatic carbocycles. The lowest BCUT2D eigenvalue weighted by Gasteiger charge is -2.13. The Labute approximate surface area is 110 Å². The molecule has 0 amide bonds. The van der Waals surface area contributed by atoms with E-state index in [0.29, 0.717) is 6.61 Å². The summed E-state index contributed by atoms with van der Waals surface area (Å²) in [5, 5.41) is 3.06. The summed E-state index contributed by atoms with van der Waals surface area (Å²) in [5.41, 5.74) is 2.08. The molecule has 1 unspecified atom stereocenters. The number of carbonyl (C=O) groups is 1. The molecule has 1 rings (SSSR count). The zero-order valence-electron chi connectivity index (χ0n) is 11.5. The topological polar surface area (TPSA) is 38.3 Å². The molecular formula is C15H23NO2. The molecule has 0 aliphatic rings. The molecule has 1 aromatic rings. The van der Waals surface area contributed by atoms with Crippen LogP contribution in [0.3, 0.4) is 0 Å². The van der Waals surface area contributed by atoms with E-state index in [0.717, 1.165) is 30.5 Å². The number of nitrogens with one attached hydrogen (secondary N) is 1. The van der Waals surface area contributed by atoms with Crippen molar-refractivity contribution >= 4 is 11.7 Å². The number of benzene rings is 1. The van der Waals surface area contributed by atoms with Crippen LogP contribution in [0.1, 0.15) is 38.7 Å². The van der Waals surface area contributed by atoms with Gasteiger partial charge in [0.05, 0.1) is 5.92 Å². The fourth-order valence-electron chi connectivity index (χ4n) is 1.88. The molecule has 3 heteroatoms. The van der Waals surface area contributed by atoms with Crippen LogP contribution in [0.15, 0.2) is 24.3 Å². The molecular weight excluding hydrogens is 226 g/mol. The summed E-state index contributed by atoms with van der Waals surface area (Å²) in [7, 11) is 1.88. The van der Waals surface area contributed by atoms with Crippen molar-refractivity contribution in [2.45, 2.75) is 39.7 Å². The van der Waals surface area contributed by atoms with Crippen molar-refractivity contribution < 1.29 is 9.53 Å². The highest BCUT2D eigenvalue weighted by Gasteiger charge is 2.16. The van der Waals surface area contributed by atoms with Gasteiger partial charge in [0.25, 0.3) is 0 Å². The number of hydrogen-bond donors (Lipinski definition) is 1. The van der Waals surface area contributed by atoms with Crippen molar-refractivity contribution in [3.8, 4) is 0 Å². The first-order chi connectivity index (χ1) is 8.71. The minimum Gasteiger partial charge on any atom is -0.461 e. The van der Waals surface area contributed by atoms with Gasteiger partial charge in [0.2, 0.25) is 0 Å². The number of hydrogen-bond acceptors (Lipinski definition) is 3. The number of rotatable bonds is 7. The molecule has 1 aromatic carbocycles. The van der Waals surface area contributed by atoms with Crippen molar-refractivity contribution in [1.29, 1.82) is 0 Å². The predicted octanol–water partition coefficient (Wildman–Crippen LogP) is 3.60. The SMILES string of the molecule is CCCC(CC)C(=O)OCc1ccc(NC)cc1. The third kappa shape index (κ3) is 4.40. The third-order valence-corrected chi connectivity index (χ3v) is 3.09. The first-order valence-corrected chi connectivity index (χ1v) is 6.64. The first kappa shape index (κ1) is 14.6. The Morgan fingerprint density at radius 1 is 1.28 bits per heavy atom. The summed E-state index contributed by atoms with van der Waals surface area (Å²) in [6.07, 6.45) is 2.78. The van der Waals surface area contributed by atoms with Gasteiger partial charge in [0.15, 0.2) is 0 Å². The summed E-state index contributed by atoms with van der Waals surface area (Å²) in [6, 6.07) is 7.90. The van der Waals surface area contributed by atoms with Crippen LogP contribution in [0.5, 0.6) is 0 Å². The Balaban J connectivity index is 2.45. The molecule has 18 heavy (non-hydrogen) atoms. The Bertz CT molecular complexity index is 359. The van der Waals surface area contributed by atoms with Gasteiger partial charge in [-0.25, -0.2) is 0 Å². The van der Waals surface area contributed by atoms with Crippen LogP contribution in [-0.2, 0) is 16.1 Å². The largest absolute Gasteiger partial charge is 0.461 e. The second-order valence-corrected chi connectivity index (χ2v) is 4.45. The van der Waals surface area contributed by atoms with Crippen molar-refractivity contribution in [3.63, 3.8) is 0 Å². The fraction of sp³-hybridized carbons (Fsp3) is 0.533. The standard InChI is InChI=1S/C15H23NO2/c1-4-6-13(5-2)15(17)18-11-12-7-9-14(16-3)10-8-12/h7-10,13,16H,4-6,11H2,1-3H3. The Hall–Kier alpha value is -1.51. The maximum atomic E-state index is 11.8. The van der Waals surface area contributed by atoms with Crippen molar-refractivity contribution in [2.75, 3.05) is 12.4 Å². The molecule has 0 aromatic heterocycles. The molecule has 0 radical (unpaired) electrons. The Morgan fingerprint density at radius 3 is 2.44 bits per heavy atom. The summed E-state index contributed by atoms with van der Waals surface area (Å²) in [4.78, 5) is 11.8. The van der Waals surface area contributed by atoms with E-state index in [1.807, 2.05) is 38.2 Å². The van der Waals surface area contributed by atoms with E-state index in [1.165, 1.54) is 0 Å². The number of anilines is 1. The van der Waals surface area contributed by atoms with Gasteiger partial charge < -0.3 is 10.1 Å². The normalized spacial score (nSPS) is 11.9. The van der Waals surface area contributed by atoms with Crippen LogP contribution in [-0.4, -0.2) is 13.0 Å². The molecule has 3 nitrogen and oxygen atoms in total. The van der Waals surface area contributed by atoms with Gasteiger partial charge >= 0.3 is 5.97 Å². The molecule has 100 valence electrons. The first-order valence-electron chi connectivity index (χ1n) is 6.64. The van der Waals surface area contributed by atoms with Gasteiger partial charge in [-0.05, 0) is 30.5 Å². The molecule has 0 spiro atoms. The van der Waals surface area contributed by atoms with Gasteiger partial charge in [-0.15, -0.1) is 0 Å². The van der Waals surface area contributed by atoms with Crippen molar-refractivity contribution in [2.24, 2.45) is 5.92 Å². The quantitative estimate of drug-likeness (QED) is 0.750. The van der Waals surface area contributed by atoms with Gasteiger partial charge in [0, 0.05) is 12.7 Å². The van der Waals surface area contributed by atoms with Crippen molar-refractivity contribution in [3.05, 3.63) is 29.8 Å². The lowest BCUT2D eigenvalue weighted by molar-refractivity contribution is -0.150. The molecule has 0 fully saturated rings. The van der Waals surface area contributed by atoms with Gasteiger partial charge in [-0.3, -0.25) is 4.79 Å². The van der Waals surface area contributed by atoms with E-state index < -0.39 is 0 Å². The number of carbonyl (C=O) groups excluding carboxylic acids is 1. The molecule has 0 saturated carbocycles.